The molecule has 6 heteroatoms. The molecule has 2 N–H and O–H groups in total. The third-order valence-electron chi connectivity index (χ3n) is 5.26. The van der Waals surface area contributed by atoms with Gasteiger partial charge in [-0.1, -0.05) is 35.9 Å². The van der Waals surface area contributed by atoms with E-state index >= 15 is 0 Å². The van der Waals surface area contributed by atoms with Crippen LogP contribution in [0.1, 0.15) is 27.0 Å². The van der Waals surface area contributed by atoms with Crippen LogP contribution in [0.5, 0.6) is 5.75 Å². The molecule has 0 bridgehead atoms. The van der Waals surface area contributed by atoms with Crippen molar-refractivity contribution < 1.29 is 13.9 Å². The van der Waals surface area contributed by atoms with Gasteiger partial charge < -0.3 is 15.0 Å². The number of aromatic amines is 1. The lowest BCUT2D eigenvalue weighted by atomic mass is 10.0. The molecule has 4 rings (SSSR count). The van der Waals surface area contributed by atoms with Crippen LogP contribution >= 0.6 is 11.6 Å². The molecule has 0 saturated heterocycles. The monoisotopic (exact) mass is 436 g/mol. The van der Waals surface area contributed by atoms with Crippen LogP contribution in [0, 0.1) is 5.82 Å². The van der Waals surface area contributed by atoms with Crippen molar-refractivity contribution in [1.29, 1.82) is 0 Å². The third kappa shape index (κ3) is 4.72. The molecule has 158 valence electrons. The molecule has 0 aliphatic rings. The zero-order valence-electron chi connectivity index (χ0n) is 17.0. The highest BCUT2D eigenvalue weighted by Gasteiger charge is 2.11. The summed E-state index contributed by atoms with van der Waals surface area (Å²) in [6.45, 7) is 0.493. The van der Waals surface area contributed by atoms with Crippen molar-refractivity contribution in [2.45, 2.75) is 12.8 Å². The molecule has 31 heavy (non-hydrogen) atoms. The molecule has 0 fully saturated rings. The van der Waals surface area contributed by atoms with E-state index in [1.807, 2.05) is 36.5 Å². The number of H-pyrrole nitrogens is 1. The van der Waals surface area contributed by atoms with Crippen LogP contribution in [0.4, 0.5) is 4.39 Å². The second-order valence-electron chi connectivity index (χ2n) is 7.32. The Hall–Kier alpha value is -3.31. The lowest BCUT2D eigenvalue weighted by Gasteiger charge is -2.09. The molecule has 1 aromatic heterocycles. The first-order valence-corrected chi connectivity index (χ1v) is 10.4. The standard InChI is InChI=1S/C25H22ClFN2O2/c1-31-23-7-3-5-17(24(23)27)12-16-4-2-6-18(13-16)25(30)28-11-10-19-15-29-22-9-8-20(26)14-21(19)22/h2-9,13-15,29H,10-12H2,1H3,(H,28,30). The normalized spacial score (nSPS) is 10.9. The van der Waals surface area contributed by atoms with E-state index < -0.39 is 0 Å². The van der Waals surface area contributed by atoms with Crippen molar-refractivity contribution in [1.82, 2.24) is 10.3 Å². The van der Waals surface area contributed by atoms with Gasteiger partial charge in [0.2, 0.25) is 0 Å². The fourth-order valence-corrected chi connectivity index (χ4v) is 3.84. The minimum absolute atomic E-state index is 0.161. The second-order valence-corrected chi connectivity index (χ2v) is 7.76. The van der Waals surface area contributed by atoms with Crippen LogP contribution in [-0.2, 0) is 12.8 Å². The molecule has 4 nitrogen and oxygen atoms in total. The first-order chi connectivity index (χ1) is 15.0. The topological polar surface area (TPSA) is 54.1 Å². The van der Waals surface area contributed by atoms with Crippen LogP contribution in [0.15, 0.2) is 66.9 Å². The molecular weight excluding hydrogens is 415 g/mol. The van der Waals surface area contributed by atoms with E-state index in [1.165, 1.54) is 7.11 Å². The number of carbonyl (C=O) groups excluding carboxylic acids is 1. The Morgan fingerprint density at radius 1 is 1.10 bits per heavy atom. The molecule has 0 saturated carbocycles. The van der Waals surface area contributed by atoms with Crippen LogP contribution in [-0.4, -0.2) is 24.5 Å². The molecule has 1 amide bonds. The molecule has 1 heterocycles. The highest BCUT2D eigenvalue weighted by atomic mass is 35.5. The Kier molecular flexibility index (Phi) is 6.23. The number of benzene rings is 3. The summed E-state index contributed by atoms with van der Waals surface area (Å²) < 4.78 is 19.5. The summed E-state index contributed by atoms with van der Waals surface area (Å²) in [7, 11) is 1.44. The maximum atomic E-state index is 14.4. The molecule has 0 unspecified atom stereocenters. The predicted octanol–water partition coefficient (Wildman–Crippen LogP) is 5.53. The van der Waals surface area contributed by atoms with E-state index in [4.69, 9.17) is 16.3 Å². The van der Waals surface area contributed by atoms with Crippen molar-refractivity contribution in [3.05, 3.63) is 100.0 Å². The molecule has 0 aliphatic heterocycles. The Morgan fingerprint density at radius 3 is 2.77 bits per heavy atom. The van der Waals surface area contributed by atoms with Gasteiger partial charge in [0.15, 0.2) is 11.6 Å². The van der Waals surface area contributed by atoms with Gasteiger partial charge in [-0.15, -0.1) is 0 Å². The van der Waals surface area contributed by atoms with Crippen molar-refractivity contribution in [3.63, 3.8) is 0 Å². The van der Waals surface area contributed by atoms with E-state index in [-0.39, 0.29) is 17.5 Å². The number of rotatable bonds is 7. The van der Waals surface area contributed by atoms with Gasteiger partial charge in [0.25, 0.3) is 5.91 Å². The van der Waals surface area contributed by atoms with Crippen LogP contribution < -0.4 is 10.1 Å². The fraction of sp³-hybridized carbons (Fsp3) is 0.160. The molecule has 0 atom stereocenters. The smallest absolute Gasteiger partial charge is 0.251 e. The van der Waals surface area contributed by atoms with E-state index in [9.17, 15) is 9.18 Å². The van der Waals surface area contributed by atoms with Crippen molar-refractivity contribution >= 4 is 28.4 Å². The summed E-state index contributed by atoms with van der Waals surface area (Å²) in [5, 5.41) is 4.70. The van der Waals surface area contributed by atoms with E-state index in [1.54, 1.807) is 30.3 Å². The fourth-order valence-electron chi connectivity index (χ4n) is 3.66. The number of aromatic nitrogens is 1. The number of hydrogen-bond donors (Lipinski definition) is 2. The van der Waals surface area contributed by atoms with Crippen LogP contribution in [0.25, 0.3) is 10.9 Å². The number of carbonyl (C=O) groups is 1. The van der Waals surface area contributed by atoms with E-state index in [0.717, 1.165) is 22.0 Å². The van der Waals surface area contributed by atoms with E-state index in [2.05, 4.69) is 10.3 Å². The van der Waals surface area contributed by atoms with Crippen molar-refractivity contribution in [2.24, 2.45) is 0 Å². The van der Waals surface area contributed by atoms with Gasteiger partial charge >= 0.3 is 0 Å². The number of amides is 1. The largest absolute Gasteiger partial charge is 0.494 e. The maximum absolute atomic E-state index is 14.4. The lowest BCUT2D eigenvalue weighted by Crippen LogP contribution is -2.25. The molecule has 0 spiro atoms. The van der Waals surface area contributed by atoms with Gasteiger partial charge in [0.05, 0.1) is 7.11 Å². The van der Waals surface area contributed by atoms with E-state index in [0.29, 0.717) is 35.5 Å². The second kappa shape index (κ2) is 9.23. The first-order valence-electron chi connectivity index (χ1n) is 9.99. The number of fused-ring (bicyclic) bond motifs is 1. The summed E-state index contributed by atoms with van der Waals surface area (Å²) >= 11 is 6.10. The minimum Gasteiger partial charge on any atom is -0.494 e. The summed E-state index contributed by atoms with van der Waals surface area (Å²) in [6, 6.07) is 18.0. The zero-order valence-corrected chi connectivity index (χ0v) is 17.8. The number of methoxy groups -OCH3 is 1. The van der Waals surface area contributed by atoms with Gasteiger partial charge in [-0.05, 0) is 59.5 Å². The number of nitrogens with one attached hydrogen (secondary N) is 2. The van der Waals surface area contributed by atoms with Gasteiger partial charge in [0.1, 0.15) is 0 Å². The van der Waals surface area contributed by atoms with Crippen molar-refractivity contribution in [2.75, 3.05) is 13.7 Å². The Balaban J connectivity index is 1.40. The molecule has 4 aromatic rings. The average molecular weight is 437 g/mol. The lowest BCUT2D eigenvalue weighted by molar-refractivity contribution is 0.0954. The summed E-state index contributed by atoms with van der Waals surface area (Å²) in [6.07, 6.45) is 3.00. The van der Waals surface area contributed by atoms with Gasteiger partial charge in [0, 0.05) is 40.7 Å². The Bertz CT molecular complexity index is 1240. The van der Waals surface area contributed by atoms with Gasteiger partial charge in [-0.3, -0.25) is 4.79 Å². The summed E-state index contributed by atoms with van der Waals surface area (Å²) in [4.78, 5) is 15.8. The number of ether oxygens (including phenoxy) is 1. The highest BCUT2D eigenvalue weighted by molar-refractivity contribution is 6.31. The van der Waals surface area contributed by atoms with Gasteiger partial charge in [-0.2, -0.15) is 0 Å². The average Bonchev–Trinajstić information content (AvgIpc) is 3.17. The minimum atomic E-state index is -0.376. The van der Waals surface area contributed by atoms with Crippen LogP contribution in [0.2, 0.25) is 5.02 Å². The predicted molar refractivity (Wildman–Crippen MR) is 122 cm³/mol. The molecular formula is C25H22ClFN2O2. The van der Waals surface area contributed by atoms with Crippen molar-refractivity contribution in [3.8, 4) is 5.75 Å². The Morgan fingerprint density at radius 2 is 1.94 bits per heavy atom. The Labute approximate surface area is 185 Å². The maximum Gasteiger partial charge on any atom is 0.251 e. The summed E-state index contributed by atoms with van der Waals surface area (Å²) in [5.41, 5.74) is 4.03. The highest BCUT2D eigenvalue weighted by Crippen LogP contribution is 2.24. The quantitative estimate of drug-likeness (QED) is 0.400. The van der Waals surface area contributed by atoms with Crippen LogP contribution in [0.3, 0.4) is 0 Å². The molecule has 0 radical (unpaired) electrons. The number of hydrogen-bond acceptors (Lipinski definition) is 2. The molecule has 3 aromatic carbocycles. The molecule has 0 aliphatic carbocycles. The zero-order chi connectivity index (χ0) is 21.8. The third-order valence-corrected chi connectivity index (χ3v) is 5.49. The number of halogens is 2. The summed E-state index contributed by atoms with van der Waals surface area (Å²) in [5.74, 6) is -0.325. The SMILES string of the molecule is COc1cccc(Cc2cccc(C(=O)NCCc3c[nH]c4ccc(Cl)cc34)c2)c1F. The first kappa shape index (κ1) is 20.9. The van der Waals surface area contributed by atoms with Gasteiger partial charge in [-0.25, -0.2) is 4.39 Å².